The summed E-state index contributed by atoms with van der Waals surface area (Å²) in [4.78, 5) is 1.10. The molecule has 0 aliphatic rings. The largest absolute Gasteiger partial charge is 0.310 e. The third-order valence-electron chi connectivity index (χ3n) is 3.08. The zero-order chi connectivity index (χ0) is 15.4. The van der Waals surface area contributed by atoms with Crippen LogP contribution in [0.4, 0.5) is 8.78 Å². The van der Waals surface area contributed by atoms with Gasteiger partial charge in [-0.15, -0.1) is 11.3 Å². The van der Waals surface area contributed by atoms with Crippen molar-refractivity contribution in [3.63, 3.8) is 0 Å². The molecule has 1 aromatic carbocycles. The molecule has 0 saturated heterocycles. The quantitative estimate of drug-likeness (QED) is 0.617. The van der Waals surface area contributed by atoms with Crippen LogP contribution >= 0.6 is 38.9 Å². The van der Waals surface area contributed by atoms with E-state index in [9.17, 15) is 8.78 Å². The highest BCUT2D eigenvalue weighted by molar-refractivity contribution is 9.10. The molecule has 0 bridgehead atoms. The first-order chi connectivity index (χ1) is 10.0. The first-order valence-corrected chi connectivity index (χ1v) is 8.67. The van der Waals surface area contributed by atoms with E-state index in [1.165, 1.54) is 6.07 Å². The maximum atomic E-state index is 14.1. The molecule has 0 aliphatic heterocycles. The van der Waals surface area contributed by atoms with Gasteiger partial charge in [0.05, 0.1) is 5.02 Å². The van der Waals surface area contributed by atoms with Crippen molar-refractivity contribution < 1.29 is 8.78 Å². The van der Waals surface area contributed by atoms with E-state index < -0.39 is 11.6 Å². The van der Waals surface area contributed by atoms with Crippen LogP contribution in [0.1, 0.15) is 29.8 Å². The zero-order valence-corrected chi connectivity index (χ0v) is 14.6. The Kier molecular flexibility index (Phi) is 6.17. The van der Waals surface area contributed by atoms with Crippen LogP contribution in [0.3, 0.4) is 0 Å². The van der Waals surface area contributed by atoms with Crippen LogP contribution in [0.25, 0.3) is 0 Å². The summed E-state index contributed by atoms with van der Waals surface area (Å²) in [5.41, 5.74) is 0.315. The number of nitrogens with one attached hydrogen (secondary N) is 1. The predicted octanol–water partition coefficient (Wildman–Crippen LogP) is 5.73. The van der Waals surface area contributed by atoms with Gasteiger partial charge in [-0.3, -0.25) is 0 Å². The Morgan fingerprint density at radius 3 is 2.67 bits per heavy atom. The van der Waals surface area contributed by atoms with Gasteiger partial charge in [0.1, 0.15) is 11.6 Å². The van der Waals surface area contributed by atoms with Gasteiger partial charge in [0.2, 0.25) is 0 Å². The minimum atomic E-state index is -0.594. The molecule has 1 N–H and O–H groups in total. The van der Waals surface area contributed by atoms with Crippen LogP contribution in [0.2, 0.25) is 5.02 Å². The Morgan fingerprint density at radius 1 is 1.29 bits per heavy atom. The smallest absolute Gasteiger partial charge is 0.142 e. The molecule has 0 saturated carbocycles. The fourth-order valence-electron chi connectivity index (χ4n) is 2.08. The number of halogens is 4. The number of hydrogen-bond acceptors (Lipinski definition) is 2. The van der Waals surface area contributed by atoms with E-state index in [2.05, 4.69) is 21.2 Å². The second-order valence-electron chi connectivity index (χ2n) is 4.73. The molecule has 0 radical (unpaired) electrons. The summed E-state index contributed by atoms with van der Waals surface area (Å²) in [6.45, 7) is 2.77. The van der Waals surface area contributed by atoms with E-state index in [1.807, 2.05) is 18.4 Å². The first-order valence-electron chi connectivity index (χ1n) is 6.62. The fraction of sp³-hybridized carbons (Fsp3) is 0.333. The Bertz CT molecular complexity index is 618. The predicted molar refractivity (Wildman–Crippen MR) is 88.1 cm³/mol. The summed E-state index contributed by atoms with van der Waals surface area (Å²) in [6.07, 6.45) is 1.52. The van der Waals surface area contributed by atoms with E-state index in [0.29, 0.717) is 12.0 Å². The number of thiophene rings is 1. The van der Waals surface area contributed by atoms with Gasteiger partial charge in [-0.2, -0.15) is 0 Å². The molecule has 0 fully saturated rings. The Morgan fingerprint density at radius 2 is 2.05 bits per heavy atom. The molecule has 0 aliphatic carbocycles. The molecule has 1 unspecified atom stereocenters. The van der Waals surface area contributed by atoms with Gasteiger partial charge in [0.15, 0.2) is 0 Å². The summed E-state index contributed by atoms with van der Waals surface area (Å²) in [5, 5.41) is 5.06. The second-order valence-corrected chi connectivity index (χ2v) is 7.05. The molecule has 1 aromatic heterocycles. The lowest BCUT2D eigenvalue weighted by Gasteiger charge is -2.19. The fourth-order valence-corrected chi connectivity index (χ4v) is 3.73. The Balaban J connectivity index is 2.28. The summed E-state index contributed by atoms with van der Waals surface area (Å²) in [6, 6.07) is 3.95. The summed E-state index contributed by atoms with van der Waals surface area (Å²) < 4.78 is 28.8. The summed E-state index contributed by atoms with van der Waals surface area (Å²) in [7, 11) is 0. The third kappa shape index (κ3) is 4.49. The van der Waals surface area contributed by atoms with Crippen molar-refractivity contribution in [2.24, 2.45) is 0 Å². The van der Waals surface area contributed by atoms with Gasteiger partial charge >= 0.3 is 0 Å². The average molecular weight is 395 g/mol. The van der Waals surface area contributed by atoms with Crippen molar-refractivity contribution in [1.29, 1.82) is 0 Å². The van der Waals surface area contributed by atoms with Crippen molar-refractivity contribution in [2.45, 2.75) is 25.8 Å². The first kappa shape index (κ1) is 16.9. The second kappa shape index (κ2) is 7.68. The SMILES string of the molecule is CCCNC(Cc1cc(Br)cs1)c1cc(F)c(Cl)cc1F. The monoisotopic (exact) mass is 393 g/mol. The van der Waals surface area contributed by atoms with Gasteiger partial charge < -0.3 is 5.32 Å². The lowest BCUT2D eigenvalue weighted by molar-refractivity contribution is 0.493. The standard InChI is InChI=1S/C15H15BrClF2NS/c1-2-3-20-15(5-10-4-9(16)8-21-10)11-6-14(19)12(17)7-13(11)18/h4,6-8,15,20H,2-3,5H2,1H3. The molecule has 0 amide bonds. The minimum Gasteiger partial charge on any atom is -0.310 e. The van der Waals surface area contributed by atoms with Crippen LogP contribution < -0.4 is 5.32 Å². The van der Waals surface area contributed by atoms with Gasteiger partial charge in [-0.25, -0.2) is 8.78 Å². The molecule has 21 heavy (non-hydrogen) atoms. The highest BCUT2D eigenvalue weighted by Crippen LogP contribution is 2.29. The lowest BCUT2D eigenvalue weighted by atomic mass is 10.0. The van der Waals surface area contributed by atoms with Crippen LogP contribution in [0.15, 0.2) is 28.1 Å². The molecule has 1 nitrogen and oxygen atoms in total. The zero-order valence-electron chi connectivity index (χ0n) is 11.4. The highest BCUT2D eigenvalue weighted by atomic mass is 79.9. The van der Waals surface area contributed by atoms with Crippen LogP contribution in [0, 0.1) is 11.6 Å². The van der Waals surface area contributed by atoms with Crippen LogP contribution in [-0.2, 0) is 6.42 Å². The third-order valence-corrected chi connectivity index (χ3v) is 5.09. The molecule has 2 rings (SSSR count). The van der Waals surface area contributed by atoms with E-state index in [1.54, 1.807) is 11.3 Å². The molecule has 114 valence electrons. The molecule has 1 heterocycles. The maximum Gasteiger partial charge on any atom is 0.142 e. The molecular weight excluding hydrogens is 380 g/mol. The van der Waals surface area contributed by atoms with Gasteiger partial charge in [-0.1, -0.05) is 18.5 Å². The molecule has 1 atom stereocenters. The maximum absolute atomic E-state index is 14.1. The molecule has 6 heteroatoms. The van der Waals surface area contributed by atoms with Crippen LogP contribution in [0.5, 0.6) is 0 Å². The Labute approximate surface area is 140 Å². The minimum absolute atomic E-state index is 0.190. The van der Waals surface area contributed by atoms with E-state index in [0.717, 1.165) is 28.4 Å². The topological polar surface area (TPSA) is 12.0 Å². The van der Waals surface area contributed by atoms with Gasteiger partial charge in [-0.05, 0) is 47.1 Å². The molecule has 2 aromatic rings. The molecule has 0 spiro atoms. The highest BCUT2D eigenvalue weighted by Gasteiger charge is 2.19. The van der Waals surface area contributed by atoms with E-state index >= 15 is 0 Å². The molecular formula is C15H15BrClF2NS. The number of benzene rings is 1. The Hall–Kier alpha value is -0.490. The van der Waals surface area contributed by atoms with E-state index in [-0.39, 0.29) is 11.1 Å². The van der Waals surface area contributed by atoms with Crippen molar-refractivity contribution in [1.82, 2.24) is 5.32 Å². The normalized spacial score (nSPS) is 12.6. The van der Waals surface area contributed by atoms with Crippen molar-refractivity contribution in [2.75, 3.05) is 6.54 Å². The van der Waals surface area contributed by atoms with E-state index in [4.69, 9.17) is 11.6 Å². The summed E-state index contributed by atoms with van der Waals surface area (Å²) >= 11 is 10.6. The van der Waals surface area contributed by atoms with Gasteiger partial charge in [0, 0.05) is 32.8 Å². The lowest BCUT2D eigenvalue weighted by Crippen LogP contribution is -2.25. The number of hydrogen-bond donors (Lipinski definition) is 1. The average Bonchev–Trinajstić information content (AvgIpc) is 2.84. The van der Waals surface area contributed by atoms with Crippen molar-refractivity contribution in [3.8, 4) is 0 Å². The van der Waals surface area contributed by atoms with Crippen LogP contribution in [-0.4, -0.2) is 6.54 Å². The summed E-state index contributed by atoms with van der Waals surface area (Å²) in [5.74, 6) is -1.07. The van der Waals surface area contributed by atoms with Gasteiger partial charge in [0.25, 0.3) is 0 Å². The van der Waals surface area contributed by atoms with Crippen molar-refractivity contribution >= 4 is 38.9 Å². The number of rotatable bonds is 6. The van der Waals surface area contributed by atoms with Crippen molar-refractivity contribution in [3.05, 3.63) is 55.1 Å².